The maximum Gasteiger partial charge on any atom is 0.232 e. The van der Waals surface area contributed by atoms with E-state index >= 15 is 0 Å². The Morgan fingerprint density at radius 1 is 1.26 bits per heavy atom. The molecule has 1 aliphatic carbocycles. The lowest BCUT2D eigenvalue weighted by Gasteiger charge is -2.27. The maximum atomic E-state index is 4.67. The highest BCUT2D eigenvalue weighted by Gasteiger charge is 2.38. The number of fused-ring (bicyclic) bond motifs is 1. The number of aromatic amines is 2. The van der Waals surface area contributed by atoms with Gasteiger partial charge in [0.25, 0.3) is 0 Å². The van der Waals surface area contributed by atoms with Gasteiger partial charge in [-0.3, -0.25) is 5.10 Å². The second-order valence-corrected chi connectivity index (χ2v) is 6.82. The lowest BCUT2D eigenvalue weighted by atomic mass is 9.99. The fourth-order valence-corrected chi connectivity index (χ4v) is 2.90. The van der Waals surface area contributed by atoms with E-state index in [1.165, 1.54) is 12.8 Å². The van der Waals surface area contributed by atoms with Crippen LogP contribution in [0.4, 0.5) is 17.6 Å². The molecule has 0 aromatic carbocycles. The summed E-state index contributed by atoms with van der Waals surface area (Å²) in [5.41, 5.74) is 1.82. The van der Waals surface area contributed by atoms with Crippen molar-refractivity contribution in [2.45, 2.75) is 39.2 Å². The molecule has 3 aromatic rings. The van der Waals surface area contributed by atoms with Crippen LogP contribution in [0.5, 0.6) is 0 Å². The first-order valence-electron chi connectivity index (χ1n) is 7.93. The average Bonchev–Trinajstić information content (AvgIpc) is 3.13. The molecule has 0 amide bonds. The van der Waals surface area contributed by atoms with Gasteiger partial charge in [-0.2, -0.15) is 15.1 Å². The summed E-state index contributed by atoms with van der Waals surface area (Å²) in [6.45, 7) is 6.42. The highest BCUT2D eigenvalue weighted by Crippen LogP contribution is 2.41. The third-order valence-electron chi connectivity index (χ3n) is 4.40. The van der Waals surface area contributed by atoms with Crippen LogP contribution in [-0.4, -0.2) is 30.7 Å². The molecule has 1 fully saturated rings. The van der Waals surface area contributed by atoms with Crippen molar-refractivity contribution in [3.05, 3.63) is 24.0 Å². The van der Waals surface area contributed by atoms with Gasteiger partial charge in [0.2, 0.25) is 5.95 Å². The van der Waals surface area contributed by atoms with Crippen molar-refractivity contribution >= 4 is 28.6 Å². The molecule has 0 radical (unpaired) electrons. The highest BCUT2D eigenvalue weighted by atomic mass is 15.2. The summed E-state index contributed by atoms with van der Waals surface area (Å²) in [6, 6.07) is 3.92. The Morgan fingerprint density at radius 3 is 2.78 bits per heavy atom. The van der Waals surface area contributed by atoms with Gasteiger partial charge >= 0.3 is 0 Å². The fourth-order valence-electron chi connectivity index (χ4n) is 2.90. The van der Waals surface area contributed by atoms with Crippen LogP contribution in [0.2, 0.25) is 0 Å². The maximum absolute atomic E-state index is 4.67. The number of aryl methyl sites for hydroxylation is 1. The van der Waals surface area contributed by atoms with Crippen LogP contribution in [0.25, 0.3) is 11.0 Å². The summed E-state index contributed by atoms with van der Waals surface area (Å²) in [5, 5.41) is 14.8. The van der Waals surface area contributed by atoms with E-state index in [9.17, 15) is 0 Å². The summed E-state index contributed by atoms with van der Waals surface area (Å²) < 4.78 is 0. The molecule has 0 atom stereocenters. The smallest absolute Gasteiger partial charge is 0.232 e. The lowest BCUT2D eigenvalue weighted by molar-refractivity contribution is 0.493. The number of nitrogens with one attached hydrogen (secondary N) is 4. The van der Waals surface area contributed by atoms with Gasteiger partial charge in [0, 0.05) is 23.5 Å². The second kappa shape index (κ2) is 4.97. The van der Waals surface area contributed by atoms with E-state index in [0.717, 1.165) is 22.5 Å². The highest BCUT2D eigenvalue weighted by molar-refractivity contribution is 5.88. The molecule has 23 heavy (non-hydrogen) atoms. The topological polar surface area (TPSA) is 94.3 Å². The van der Waals surface area contributed by atoms with Gasteiger partial charge in [-0.15, -0.1) is 0 Å². The van der Waals surface area contributed by atoms with E-state index in [4.69, 9.17) is 0 Å². The Kier molecular flexibility index (Phi) is 3.04. The van der Waals surface area contributed by atoms with E-state index < -0.39 is 0 Å². The van der Waals surface area contributed by atoms with Gasteiger partial charge in [-0.05, 0) is 45.6 Å². The van der Waals surface area contributed by atoms with Crippen LogP contribution in [0.3, 0.4) is 0 Å². The van der Waals surface area contributed by atoms with Crippen molar-refractivity contribution in [3.8, 4) is 0 Å². The zero-order valence-electron chi connectivity index (χ0n) is 13.6. The van der Waals surface area contributed by atoms with Crippen molar-refractivity contribution in [2.24, 2.45) is 5.92 Å². The molecular formula is C16H21N7. The van der Waals surface area contributed by atoms with Crippen LogP contribution in [0, 0.1) is 12.8 Å². The van der Waals surface area contributed by atoms with Gasteiger partial charge in [0.1, 0.15) is 11.5 Å². The molecule has 120 valence electrons. The van der Waals surface area contributed by atoms with Crippen molar-refractivity contribution in [2.75, 3.05) is 10.6 Å². The largest absolute Gasteiger partial charge is 0.364 e. The lowest BCUT2D eigenvalue weighted by Crippen LogP contribution is -2.33. The van der Waals surface area contributed by atoms with Gasteiger partial charge in [0.05, 0.1) is 5.39 Å². The predicted octanol–water partition coefficient (Wildman–Crippen LogP) is 3.33. The minimum absolute atomic E-state index is 0.0265. The van der Waals surface area contributed by atoms with E-state index in [1.54, 1.807) is 0 Å². The van der Waals surface area contributed by atoms with Crippen molar-refractivity contribution < 1.29 is 0 Å². The third-order valence-corrected chi connectivity index (χ3v) is 4.40. The summed E-state index contributed by atoms with van der Waals surface area (Å²) >= 11 is 0. The van der Waals surface area contributed by atoms with Crippen molar-refractivity contribution in [3.63, 3.8) is 0 Å². The van der Waals surface area contributed by atoms with Crippen LogP contribution < -0.4 is 10.6 Å². The van der Waals surface area contributed by atoms with E-state index in [1.807, 2.05) is 25.3 Å². The number of hydrogen-bond acceptors (Lipinski definition) is 5. The molecule has 1 saturated carbocycles. The van der Waals surface area contributed by atoms with Crippen molar-refractivity contribution in [1.82, 2.24) is 25.1 Å². The number of nitrogens with zero attached hydrogens (tertiary/aromatic N) is 3. The standard InChI is InChI=1S/C16H21N7/c1-9-8-12(23-22-9)18-15-19-13-11(6-7-17-13)14(20-15)21-16(2,3)10-4-5-10/h6-8,10H,4-5H2,1-3H3,(H4,17,18,19,20,21,22,23). The molecule has 7 heteroatoms. The van der Waals surface area contributed by atoms with Crippen LogP contribution in [0.15, 0.2) is 18.3 Å². The quantitative estimate of drug-likeness (QED) is 0.580. The van der Waals surface area contributed by atoms with Gasteiger partial charge in [0.15, 0.2) is 5.82 Å². The zero-order valence-corrected chi connectivity index (χ0v) is 13.6. The number of aromatic nitrogens is 5. The number of H-pyrrole nitrogens is 2. The monoisotopic (exact) mass is 311 g/mol. The normalized spacial score (nSPS) is 15.1. The average molecular weight is 311 g/mol. The summed E-state index contributed by atoms with van der Waals surface area (Å²) in [5.74, 6) is 2.79. The number of hydrogen-bond donors (Lipinski definition) is 4. The molecule has 4 rings (SSSR count). The molecule has 1 aliphatic rings. The third kappa shape index (κ3) is 2.74. The van der Waals surface area contributed by atoms with E-state index in [2.05, 4.69) is 49.6 Å². The minimum Gasteiger partial charge on any atom is -0.364 e. The summed E-state index contributed by atoms with van der Waals surface area (Å²) in [7, 11) is 0. The first-order valence-corrected chi connectivity index (χ1v) is 7.93. The van der Waals surface area contributed by atoms with E-state index in [0.29, 0.717) is 17.7 Å². The minimum atomic E-state index is 0.0265. The SMILES string of the molecule is Cc1cc(Nc2nc(NC(C)(C)C3CC3)c3cc[nH]c3n2)n[nH]1. The molecule has 0 unspecified atom stereocenters. The van der Waals surface area contributed by atoms with Crippen LogP contribution in [0.1, 0.15) is 32.4 Å². The molecule has 0 aliphatic heterocycles. The Morgan fingerprint density at radius 2 is 2.09 bits per heavy atom. The number of rotatable bonds is 5. The summed E-state index contributed by atoms with van der Waals surface area (Å²) in [4.78, 5) is 12.3. The van der Waals surface area contributed by atoms with Crippen molar-refractivity contribution in [1.29, 1.82) is 0 Å². The van der Waals surface area contributed by atoms with Crippen LogP contribution in [-0.2, 0) is 0 Å². The van der Waals surface area contributed by atoms with Crippen LogP contribution >= 0.6 is 0 Å². The molecular weight excluding hydrogens is 290 g/mol. The first kappa shape index (κ1) is 14.0. The molecule has 4 N–H and O–H groups in total. The number of anilines is 3. The molecule has 0 spiro atoms. The molecule has 0 saturated heterocycles. The molecule has 3 heterocycles. The zero-order chi connectivity index (χ0) is 16.0. The van der Waals surface area contributed by atoms with E-state index in [-0.39, 0.29) is 5.54 Å². The fraction of sp³-hybridized carbons (Fsp3) is 0.438. The molecule has 0 bridgehead atoms. The first-order chi connectivity index (χ1) is 11.0. The predicted molar refractivity (Wildman–Crippen MR) is 90.9 cm³/mol. The van der Waals surface area contributed by atoms with Gasteiger partial charge in [-0.1, -0.05) is 0 Å². The Labute approximate surface area is 134 Å². The second-order valence-electron chi connectivity index (χ2n) is 6.82. The Bertz CT molecular complexity index is 841. The summed E-state index contributed by atoms with van der Waals surface area (Å²) in [6.07, 6.45) is 4.44. The Hall–Kier alpha value is -2.57. The van der Waals surface area contributed by atoms with Gasteiger partial charge < -0.3 is 15.6 Å². The molecule has 7 nitrogen and oxygen atoms in total. The van der Waals surface area contributed by atoms with Gasteiger partial charge in [-0.25, -0.2) is 0 Å². The Balaban J connectivity index is 1.69. The molecule has 3 aromatic heterocycles.